The minimum atomic E-state index is -4.13. The number of benzene rings is 1. The van der Waals surface area contributed by atoms with Gasteiger partial charge in [0.05, 0.1) is 27.4 Å². The van der Waals surface area contributed by atoms with Crippen molar-refractivity contribution in [3.05, 3.63) is 38.9 Å². The van der Waals surface area contributed by atoms with Crippen LogP contribution in [0.4, 0.5) is 10.1 Å². The molecule has 10 heteroatoms. The lowest BCUT2D eigenvalue weighted by Gasteiger charge is -2.10. The predicted octanol–water partition coefficient (Wildman–Crippen LogP) is 2.60. The third kappa shape index (κ3) is 3.37. The van der Waals surface area contributed by atoms with Crippen LogP contribution in [0.25, 0.3) is 0 Å². The number of aryl methyl sites for hydroxylation is 1. The van der Waals surface area contributed by atoms with E-state index in [1.54, 1.807) is 13.0 Å². The fraction of sp³-hybridized carbons (Fsp3) is 0.182. The molecule has 0 saturated carbocycles. The molecule has 1 heterocycles. The third-order valence-corrected chi connectivity index (χ3v) is 5.35. The zero-order chi connectivity index (χ0) is 15.8. The zero-order valence-corrected chi connectivity index (χ0v) is 13.8. The molecule has 2 rings (SSSR count). The van der Waals surface area contributed by atoms with Gasteiger partial charge in [-0.3, -0.25) is 0 Å². The molecule has 21 heavy (non-hydrogen) atoms. The Kier molecular flexibility index (Phi) is 4.57. The van der Waals surface area contributed by atoms with E-state index < -0.39 is 20.7 Å². The molecule has 0 aliphatic rings. The van der Waals surface area contributed by atoms with Crippen LogP contribution in [0.1, 0.15) is 11.5 Å². The number of aromatic nitrogens is 1. The smallest absolute Gasteiger partial charge is 0.243 e. The molecule has 0 bridgehead atoms. The van der Waals surface area contributed by atoms with Crippen LogP contribution in [0, 0.1) is 12.7 Å². The van der Waals surface area contributed by atoms with E-state index in [1.165, 1.54) is 0 Å². The van der Waals surface area contributed by atoms with Gasteiger partial charge in [0, 0.05) is 6.07 Å². The van der Waals surface area contributed by atoms with E-state index in [-0.39, 0.29) is 21.7 Å². The van der Waals surface area contributed by atoms with Crippen LogP contribution in [0.3, 0.4) is 0 Å². The van der Waals surface area contributed by atoms with Gasteiger partial charge in [-0.05, 0) is 28.9 Å². The van der Waals surface area contributed by atoms with Crippen LogP contribution >= 0.6 is 27.5 Å². The van der Waals surface area contributed by atoms with Crippen molar-refractivity contribution in [2.75, 3.05) is 5.73 Å². The Labute approximate surface area is 133 Å². The summed E-state index contributed by atoms with van der Waals surface area (Å²) in [5, 5.41) is 3.62. The summed E-state index contributed by atoms with van der Waals surface area (Å²) in [6.45, 7) is 1.52. The number of nitrogens with two attached hydrogens (primary N) is 1. The van der Waals surface area contributed by atoms with E-state index in [9.17, 15) is 12.8 Å². The topological polar surface area (TPSA) is 98.2 Å². The summed E-state index contributed by atoms with van der Waals surface area (Å²) in [5.41, 5.74) is 5.46. The highest BCUT2D eigenvalue weighted by Crippen LogP contribution is 2.34. The van der Waals surface area contributed by atoms with Gasteiger partial charge in [-0.15, -0.1) is 0 Å². The average molecular weight is 399 g/mol. The number of rotatable bonds is 4. The monoisotopic (exact) mass is 397 g/mol. The fourth-order valence-electron chi connectivity index (χ4n) is 1.54. The standard InChI is InChI=1S/C11H10BrClFN3O3S/c1-5-2-6(17-20-5)4-16-21(18,19)8-3-7(13)9(12)11(15)10(8)14/h2-3,16H,4,15H2,1H3. The van der Waals surface area contributed by atoms with Gasteiger partial charge in [0.2, 0.25) is 10.0 Å². The third-order valence-electron chi connectivity index (χ3n) is 2.57. The average Bonchev–Trinajstić information content (AvgIpc) is 2.84. The second-order valence-corrected chi connectivity index (χ2v) is 7.09. The van der Waals surface area contributed by atoms with Gasteiger partial charge in [0.15, 0.2) is 5.82 Å². The van der Waals surface area contributed by atoms with Crippen LogP contribution in [-0.4, -0.2) is 13.6 Å². The van der Waals surface area contributed by atoms with Crippen molar-refractivity contribution in [3.63, 3.8) is 0 Å². The Hall–Kier alpha value is -1.16. The highest BCUT2D eigenvalue weighted by molar-refractivity contribution is 9.10. The number of hydrogen-bond acceptors (Lipinski definition) is 5. The molecule has 2 aromatic rings. The Balaban J connectivity index is 2.32. The second-order valence-electron chi connectivity index (χ2n) is 4.15. The summed E-state index contributed by atoms with van der Waals surface area (Å²) in [6, 6.07) is 2.54. The van der Waals surface area contributed by atoms with E-state index in [1.807, 2.05) is 0 Å². The minimum Gasteiger partial charge on any atom is -0.395 e. The fourth-order valence-corrected chi connectivity index (χ4v) is 3.22. The molecule has 1 aromatic heterocycles. The molecule has 0 atom stereocenters. The van der Waals surface area contributed by atoms with Gasteiger partial charge in [0.1, 0.15) is 10.7 Å². The Bertz CT molecular complexity index is 794. The van der Waals surface area contributed by atoms with Crippen molar-refractivity contribution in [2.45, 2.75) is 18.4 Å². The number of hydrogen-bond donors (Lipinski definition) is 2. The van der Waals surface area contributed by atoms with Crippen molar-refractivity contribution in [1.29, 1.82) is 0 Å². The first kappa shape index (κ1) is 16.2. The lowest BCUT2D eigenvalue weighted by molar-refractivity contribution is 0.390. The number of halogens is 3. The molecule has 0 spiro atoms. The predicted molar refractivity (Wildman–Crippen MR) is 78.8 cm³/mol. The number of nitrogens with one attached hydrogen (secondary N) is 1. The molecular formula is C11H10BrClFN3O3S. The number of sulfonamides is 1. The minimum absolute atomic E-state index is 0.00782. The van der Waals surface area contributed by atoms with E-state index in [0.29, 0.717) is 11.5 Å². The molecule has 0 unspecified atom stereocenters. The molecule has 1 aromatic carbocycles. The normalized spacial score (nSPS) is 11.8. The van der Waals surface area contributed by atoms with Crippen LogP contribution in [0.5, 0.6) is 0 Å². The maximum Gasteiger partial charge on any atom is 0.243 e. The molecule has 114 valence electrons. The van der Waals surface area contributed by atoms with Gasteiger partial charge in [0.25, 0.3) is 0 Å². The van der Waals surface area contributed by atoms with Crippen LogP contribution in [0.15, 0.2) is 26.0 Å². The summed E-state index contributed by atoms with van der Waals surface area (Å²) >= 11 is 8.78. The molecule has 6 nitrogen and oxygen atoms in total. The molecule has 0 aliphatic carbocycles. The van der Waals surface area contributed by atoms with Crippen molar-refractivity contribution >= 4 is 43.2 Å². The van der Waals surface area contributed by atoms with Crippen LogP contribution in [0.2, 0.25) is 5.02 Å². The molecule has 0 fully saturated rings. The van der Waals surface area contributed by atoms with Crippen molar-refractivity contribution in [1.82, 2.24) is 9.88 Å². The molecular weight excluding hydrogens is 389 g/mol. The number of anilines is 1. The van der Waals surface area contributed by atoms with Crippen molar-refractivity contribution < 1.29 is 17.3 Å². The first-order valence-electron chi connectivity index (χ1n) is 5.57. The lowest BCUT2D eigenvalue weighted by atomic mass is 10.3. The summed E-state index contributed by atoms with van der Waals surface area (Å²) in [6.07, 6.45) is 0. The van der Waals surface area contributed by atoms with Gasteiger partial charge in [-0.25, -0.2) is 17.5 Å². The van der Waals surface area contributed by atoms with Gasteiger partial charge in [-0.2, -0.15) is 0 Å². The maximum atomic E-state index is 14.0. The van der Waals surface area contributed by atoms with Crippen molar-refractivity contribution in [2.24, 2.45) is 0 Å². The zero-order valence-electron chi connectivity index (χ0n) is 10.7. The first-order chi connectivity index (χ1) is 9.72. The van der Waals surface area contributed by atoms with E-state index in [4.69, 9.17) is 21.9 Å². The molecule has 3 N–H and O–H groups in total. The van der Waals surface area contributed by atoms with Gasteiger partial charge < -0.3 is 10.3 Å². The quantitative estimate of drug-likeness (QED) is 0.609. The summed E-state index contributed by atoms with van der Waals surface area (Å²) in [7, 11) is -4.13. The van der Waals surface area contributed by atoms with Crippen LogP contribution < -0.4 is 10.5 Å². The van der Waals surface area contributed by atoms with Gasteiger partial charge in [-0.1, -0.05) is 16.8 Å². The maximum absolute atomic E-state index is 14.0. The highest BCUT2D eigenvalue weighted by atomic mass is 79.9. The summed E-state index contributed by atoms with van der Waals surface area (Å²) in [5.74, 6) is -0.540. The molecule has 0 radical (unpaired) electrons. The number of nitrogens with zero attached hydrogens (tertiary/aromatic N) is 1. The highest BCUT2D eigenvalue weighted by Gasteiger charge is 2.24. The van der Waals surface area contributed by atoms with Crippen LogP contribution in [-0.2, 0) is 16.6 Å². The van der Waals surface area contributed by atoms with Crippen molar-refractivity contribution in [3.8, 4) is 0 Å². The SMILES string of the molecule is Cc1cc(CNS(=O)(=O)c2cc(Cl)c(Br)c(N)c2F)no1. The number of nitrogen functional groups attached to an aromatic ring is 1. The molecule has 0 amide bonds. The Morgan fingerprint density at radius 2 is 2.19 bits per heavy atom. The molecule has 0 aliphatic heterocycles. The lowest BCUT2D eigenvalue weighted by Crippen LogP contribution is -2.24. The van der Waals surface area contributed by atoms with Gasteiger partial charge >= 0.3 is 0 Å². The first-order valence-corrected chi connectivity index (χ1v) is 8.22. The molecule has 0 saturated heterocycles. The summed E-state index contributed by atoms with van der Waals surface area (Å²) < 4.78 is 45.3. The van der Waals surface area contributed by atoms with E-state index in [0.717, 1.165) is 6.07 Å². The largest absolute Gasteiger partial charge is 0.395 e. The Morgan fingerprint density at radius 3 is 2.76 bits per heavy atom. The Morgan fingerprint density at radius 1 is 1.52 bits per heavy atom. The van der Waals surface area contributed by atoms with E-state index >= 15 is 0 Å². The summed E-state index contributed by atoms with van der Waals surface area (Å²) in [4.78, 5) is -0.631. The van der Waals surface area contributed by atoms with E-state index in [2.05, 4.69) is 25.8 Å². The second kappa shape index (κ2) is 5.91.